The van der Waals surface area contributed by atoms with Crippen LogP contribution in [0.25, 0.3) is 10.9 Å². The van der Waals surface area contributed by atoms with Crippen LogP contribution < -0.4 is 19.8 Å². The molecule has 0 bridgehead atoms. The van der Waals surface area contributed by atoms with Crippen molar-refractivity contribution < 1.29 is 14.2 Å². The topological polar surface area (TPSA) is 49.7 Å². The van der Waals surface area contributed by atoms with Crippen molar-refractivity contribution in [1.82, 2.24) is 4.57 Å². The first-order valence-corrected chi connectivity index (χ1v) is 13.3. The Hall–Kier alpha value is -2.95. The van der Waals surface area contributed by atoms with E-state index in [-0.39, 0.29) is 5.56 Å². The van der Waals surface area contributed by atoms with Crippen molar-refractivity contribution in [3.05, 3.63) is 64.4 Å². The summed E-state index contributed by atoms with van der Waals surface area (Å²) in [5, 5.41) is 0.898. The first-order chi connectivity index (χ1) is 17.2. The van der Waals surface area contributed by atoms with Crippen LogP contribution in [0.2, 0.25) is 0 Å². The minimum atomic E-state index is -0.120. The van der Waals surface area contributed by atoms with E-state index in [0.717, 1.165) is 60.7 Å². The smallest absolute Gasteiger partial charge is 0.297 e. The van der Waals surface area contributed by atoms with Gasteiger partial charge in [0, 0.05) is 18.0 Å². The van der Waals surface area contributed by atoms with Gasteiger partial charge < -0.3 is 18.8 Å². The highest BCUT2D eigenvalue weighted by atomic mass is 16.5. The van der Waals surface area contributed by atoms with E-state index in [4.69, 9.17) is 14.2 Å². The molecular weight excluding hydrogens is 438 g/mol. The number of nitrogens with zero attached hydrogens (tertiary/aromatic N) is 1. The lowest BCUT2D eigenvalue weighted by Crippen LogP contribution is -2.24. The van der Waals surface area contributed by atoms with Gasteiger partial charge in [-0.25, -0.2) is 0 Å². The van der Waals surface area contributed by atoms with Crippen molar-refractivity contribution in [2.75, 3.05) is 13.2 Å². The number of aryl methyl sites for hydroxylation is 1. The lowest BCUT2D eigenvalue weighted by Gasteiger charge is -2.19. The molecule has 0 N–H and O–H groups in total. The second-order valence-electron chi connectivity index (χ2n) is 9.03. The molecule has 0 unspecified atom stereocenters. The van der Waals surface area contributed by atoms with Crippen LogP contribution in [0.15, 0.2) is 53.3 Å². The van der Waals surface area contributed by atoms with Gasteiger partial charge in [0.25, 0.3) is 5.56 Å². The van der Waals surface area contributed by atoms with Crippen molar-refractivity contribution in [1.29, 1.82) is 0 Å². The molecule has 35 heavy (non-hydrogen) atoms. The molecule has 0 spiro atoms. The van der Waals surface area contributed by atoms with Gasteiger partial charge in [0.2, 0.25) is 5.75 Å². The van der Waals surface area contributed by atoms with Crippen molar-refractivity contribution in [2.24, 2.45) is 0 Å². The molecule has 190 valence electrons. The van der Waals surface area contributed by atoms with E-state index in [1.54, 1.807) is 0 Å². The highest BCUT2D eigenvalue weighted by Crippen LogP contribution is 2.35. The zero-order valence-corrected chi connectivity index (χ0v) is 21.7. The number of pyridine rings is 1. The van der Waals surface area contributed by atoms with Crippen LogP contribution in [-0.2, 0) is 13.2 Å². The van der Waals surface area contributed by atoms with Gasteiger partial charge in [-0.2, -0.15) is 0 Å². The molecule has 0 saturated heterocycles. The summed E-state index contributed by atoms with van der Waals surface area (Å²) >= 11 is 0. The van der Waals surface area contributed by atoms with Gasteiger partial charge in [-0.15, -0.1) is 0 Å². The Morgan fingerprint density at radius 3 is 2.17 bits per heavy atom. The van der Waals surface area contributed by atoms with Crippen LogP contribution in [-0.4, -0.2) is 17.8 Å². The van der Waals surface area contributed by atoms with Gasteiger partial charge in [-0.3, -0.25) is 4.79 Å². The highest BCUT2D eigenvalue weighted by Gasteiger charge is 2.20. The maximum absolute atomic E-state index is 13.6. The molecule has 1 aromatic heterocycles. The number of aromatic nitrogens is 1. The normalized spacial score (nSPS) is 11.1. The summed E-state index contributed by atoms with van der Waals surface area (Å²) < 4.78 is 20.2. The summed E-state index contributed by atoms with van der Waals surface area (Å²) in [7, 11) is 0. The van der Waals surface area contributed by atoms with Crippen molar-refractivity contribution in [3.63, 3.8) is 0 Å². The standard InChI is InChI=1S/C30H41NO4/c1-4-7-10-14-21-33-28-26-18-17-25(35-23-24-15-12-11-13-16-24)22-27(26)31(19-8-5-2)30(32)29(28)34-20-9-6-3/h11-13,15-18,22H,4-10,14,19-21,23H2,1-3H3. The van der Waals surface area contributed by atoms with Crippen LogP contribution in [0.5, 0.6) is 17.2 Å². The summed E-state index contributed by atoms with van der Waals surface area (Å²) in [5.74, 6) is 1.65. The van der Waals surface area contributed by atoms with Crippen molar-refractivity contribution in [2.45, 2.75) is 85.3 Å². The number of rotatable bonds is 16. The largest absolute Gasteiger partial charge is 0.489 e. The predicted octanol–water partition coefficient (Wildman–Crippen LogP) is 7.52. The van der Waals surface area contributed by atoms with E-state index < -0.39 is 0 Å². The fraction of sp³-hybridized carbons (Fsp3) is 0.500. The molecule has 0 radical (unpaired) electrons. The Balaban J connectivity index is 1.99. The van der Waals surface area contributed by atoms with Crippen LogP contribution >= 0.6 is 0 Å². The van der Waals surface area contributed by atoms with E-state index in [0.29, 0.717) is 37.9 Å². The van der Waals surface area contributed by atoms with Gasteiger partial charge in [-0.1, -0.05) is 83.2 Å². The van der Waals surface area contributed by atoms with E-state index in [1.807, 2.05) is 53.1 Å². The lowest BCUT2D eigenvalue weighted by atomic mass is 10.1. The molecule has 0 aliphatic carbocycles. The minimum absolute atomic E-state index is 0.120. The molecule has 3 aromatic rings. The molecule has 1 heterocycles. The monoisotopic (exact) mass is 479 g/mol. The number of benzene rings is 2. The second kappa shape index (κ2) is 14.4. The third kappa shape index (κ3) is 7.51. The Kier molecular flexibility index (Phi) is 11.0. The van der Waals surface area contributed by atoms with E-state index >= 15 is 0 Å². The average molecular weight is 480 g/mol. The summed E-state index contributed by atoms with van der Waals surface area (Å²) in [4.78, 5) is 13.6. The molecule has 0 atom stereocenters. The predicted molar refractivity (Wildman–Crippen MR) is 144 cm³/mol. The highest BCUT2D eigenvalue weighted by molar-refractivity contribution is 5.89. The molecule has 2 aromatic carbocycles. The third-order valence-corrected chi connectivity index (χ3v) is 6.12. The van der Waals surface area contributed by atoms with E-state index in [2.05, 4.69) is 20.8 Å². The Labute approximate surface area is 210 Å². The first-order valence-electron chi connectivity index (χ1n) is 13.3. The summed E-state index contributed by atoms with van der Waals surface area (Å²) in [6, 6.07) is 16.0. The number of unbranched alkanes of at least 4 members (excludes halogenated alkanes) is 5. The Bertz CT molecular complexity index is 1090. The quantitative estimate of drug-likeness (QED) is 0.199. The number of hydrogen-bond acceptors (Lipinski definition) is 4. The van der Waals surface area contributed by atoms with Crippen molar-refractivity contribution in [3.8, 4) is 17.2 Å². The molecule has 0 aliphatic heterocycles. The molecule has 5 heteroatoms. The SMILES string of the molecule is CCCCCCOc1c(OCCCC)c(=O)n(CCCC)c2cc(OCc3ccccc3)ccc12. The number of fused-ring (bicyclic) bond motifs is 1. The third-order valence-electron chi connectivity index (χ3n) is 6.12. The zero-order chi connectivity index (χ0) is 24.9. The van der Waals surface area contributed by atoms with E-state index in [1.165, 1.54) is 12.8 Å². The number of ether oxygens (including phenoxy) is 3. The Morgan fingerprint density at radius 2 is 1.43 bits per heavy atom. The second-order valence-corrected chi connectivity index (χ2v) is 9.03. The Morgan fingerprint density at radius 1 is 0.714 bits per heavy atom. The summed E-state index contributed by atoms with van der Waals surface area (Å²) in [6.45, 7) is 8.64. The van der Waals surface area contributed by atoms with Crippen LogP contribution in [0, 0.1) is 0 Å². The van der Waals surface area contributed by atoms with Gasteiger partial charge >= 0.3 is 0 Å². The fourth-order valence-electron chi connectivity index (χ4n) is 4.04. The summed E-state index contributed by atoms with van der Waals surface area (Å²) in [6.07, 6.45) is 8.25. The van der Waals surface area contributed by atoms with Crippen LogP contribution in [0.1, 0.15) is 77.7 Å². The maximum atomic E-state index is 13.6. The first kappa shape index (κ1) is 26.7. The minimum Gasteiger partial charge on any atom is -0.489 e. The molecule has 0 amide bonds. The molecule has 3 rings (SSSR count). The van der Waals surface area contributed by atoms with Gasteiger partial charge in [0.05, 0.1) is 18.7 Å². The van der Waals surface area contributed by atoms with Crippen LogP contribution in [0.4, 0.5) is 0 Å². The van der Waals surface area contributed by atoms with Gasteiger partial charge in [0.1, 0.15) is 12.4 Å². The van der Waals surface area contributed by atoms with Gasteiger partial charge in [-0.05, 0) is 37.0 Å². The fourth-order valence-corrected chi connectivity index (χ4v) is 4.04. The molecule has 0 aliphatic rings. The van der Waals surface area contributed by atoms with Crippen LogP contribution in [0.3, 0.4) is 0 Å². The lowest BCUT2D eigenvalue weighted by molar-refractivity contribution is 0.258. The maximum Gasteiger partial charge on any atom is 0.297 e. The average Bonchev–Trinajstić information content (AvgIpc) is 2.89. The summed E-state index contributed by atoms with van der Waals surface area (Å²) in [5.41, 5.74) is 1.82. The molecule has 0 fully saturated rings. The molecular formula is C30H41NO4. The van der Waals surface area contributed by atoms with E-state index in [9.17, 15) is 4.79 Å². The number of hydrogen-bond donors (Lipinski definition) is 0. The van der Waals surface area contributed by atoms with Gasteiger partial charge in [0.15, 0.2) is 5.75 Å². The van der Waals surface area contributed by atoms with Crippen molar-refractivity contribution >= 4 is 10.9 Å². The molecule has 5 nitrogen and oxygen atoms in total. The zero-order valence-electron chi connectivity index (χ0n) is 21.7. The molecule has 0 saturated carbocycles.